The highest BCUT2D eigenvalue weighted by Crippen LogP contribution is 1.63. The van der Waals surface area contributed by atoms with E-state index in [1.54, 1.807) is 9.76 Å². The molecule has 0 rings (SSSR count). The number of halogens is 1. The van der Waals surface area contributed by atoms with Crippen molar-refractivity contribution in [2.24, 2.45) is 0 Å². The smallest absolute Gasteiger partial charge is 0.0765 e. The maximum atomic E-state index is 2.59. The second kappa shape index (κ2) is 4.38. The SMILES string of the molecule is [SiH3][SiH2][SiH2]I. The normalized spacial score (nSPS) is 14.2. The summed E-state index contributed by atoms with van der Waals surface area (Å²) in [4.78, 5) is 0. The van der Waals surface area contributed by atoms with E-state index in [1.165, 1.54) is 0 Å². The van der Waals surface area contributed by atoms with Crippen molar-refractivity contribution in [3.05, 3.63) is 0 Å². The van der Waals surface area contributed by atoms with Gasteiger partial charge in [0.25, 0.3) is 0 Å². The Morgan fingerprint density at radius 1 is 1.75 bits per heavy atom. The molecule has 0 aromatic carbocycles. The average molecular weight is 218 g/mol. The van der Waals surface area contributed by atoms with Gasteiger partial charge < -0.3 is 0 Å². The summed E-state index contributed by atoms with van der Waals surface area (Å²) in [6.07, 6.45) is 0. The lowest BCUT2D eigenvalue weighted by molar-refractivity contribution is 4.31. The first-order valence-corrected chi connectivity index (χ1v) is 16.2. The van der Waals surface area contributed by atoms with Gasteiger partial charge in [-0.1, -0.05) is 0 Å². The molecule has 0 aliphatic rings. The molecule has 0 spiro atoms. The summed E-state index contributed by atoms with van der Waals surface area (Å²) >= 11 is 2.59. The van der Waals surface area contributed by atoms with Crippen molar-refractivity contribution in [2.45, 2.75) is 0 Å². The second-order valence-electron chi connectivity index (χ2n) is 0.689. The fourth-order valence-corrected chi connectivity index (χ4v) is 0. The van der Waals surface area contributed by atoms with Crippen LogP contribution in [0.2, 0.25) is 0 Å². The summed E-state index contributed by atoms with van der Waals surface area (Å²) in [7, 11) is 2.27. The Morgan fingerprint density at radius 3 is 2.00 bits per heavy atom. The average Bonchev–Trinajstić information content (AvgIpc) is 1.37. The summed E-state index contributed by atoms with van der Waals surface area (Å²) in [5, 5.41) is 0. The Kier molecular flexibility index (Phi) is 5.89. The van der Waals surface area contributed by atoms with Crippen molar-refractivity contribution in [3.63, 3.8) is 0 Å². The van der Waals surface area contributed by atoms with Gasteiger partial charge in [-0.3, -0.25) is 0 Å². The highest BCUT2D eigenvalue weighted by Gasteiger charge is 1.63. The zero-order chi connectivity index (χ0) is 3.41. The third-order valence-electron chi connectivity index (χ3n) is 0.189. The van der Waals surface area contributed by atoms with Gasteiger partial charge in [0.2, 0.25) is 0 Å². The lowest BCUT2D eigenvalue weighted by atomic mass is 26.7. The molecule has 0 aliphatic heterocycles. The summed E-state index contributed by atoms with van der Waals surface area (Å²) in [6, 6.07) is 0. The minimum Gasteiger partial charge on any atom is -0.132 e. The van der Waals surface area contributed by atoms with E-state index in [0.29, 0.717) is 15.1 Å². The van der Waals surface area contributed by atoms with Gasteiger partial charge >= 0.3 is 0 Å². The first-order valence-electron chi connectivity index (χ1n) is 1.47. The Balaban J connectivity index is 1.97. The highest BCUT2D eigenvalue weighted by atomic mass is 127. The molecular weight excluding hydrogens is 211 g/mol. The lowest BCUT2D eigenvalue weighted by Gasteiger charge is -1.61. The predicted molar refractivity (Wildman–Crippen MR) is 41.0 cm³/mol. The Hall–Kier alpha value is 1.38. The van der Waals surface area contributed by atoms with Crippen molar-refractivity contribution in [1.29, 1.82) is 0 Å². The number of rotatable bonds is 1. The molecule has 0 N–H and O–H groups in total. The number of hydrogen-bond donors (Lipinski definition) is 0. The summed E-state index contributed by atoms with van der Waals surface area (Å²) in [5.41, 5.74) is 0. The van der Waals surface area contributed by atoms with Crippen molar-refractivity contribution in [2.75, 3.05) is 0 Å². The van der Waals surface area contributed by atoms with Crippen LogP contribution in [0, 0.1) is 0 Å². The fraction of sp³-hybridized carbons (Fsp3) is 0. The van der Waals surface area contributed by atoms with E-state index in [1.807, 2.05) is 0 Å². The van der Waals surface area contributed by atoms with Gasteiger partial charge in [-0.2, -0.15) is 0 Å². The monoisotopic (exact) mass is 218 g/mol. The molecule has 0 aromatic heterocycles. The summed E-state index contributed by atoms with van der Waals surface area (Å²) in [5.74, 6) is 0. The largest absolute Gasteiger partial charge is 0.132 e. The maximum Gasteiger partial charge on any atom is 0.0765 e. The van der Waals surface area contributed by atoms with Crippen LogP contribution >= 0.6 is 21.8 Å². The molecule has 26 valence electrons. The lowest BCUT2D eigenvalue weighted by Crippen LogP contribution is -1.90. The molecule has 0 heterocycles. The third kappa shape index (κ3) is 3.38. The van der Waals surface area contributed by atoms with E-state index in [0.717, 1.165) is 0 Å². The molecule has 0 atom stereocenters. The first kappa shape index (κ1) is 5.38. The molecule has 0 bridgehead atoms. The second-order valence-corrected chi connectivity index (χ2v) is 24.9. The van der Waals surface area contributed by atoms with Crippen molar-refractivity contribution in [1.82, 2.24) is 0 Å². The first-order chi connectivity index (χ1) is 1.91. The zero-order valence-corrected chi connectivity index (χ0v) is 9.78. The molecule has 0 nitrogen and oxygen atoms in total. The Labute approximate surface area is 46.6 Å². The molecule has 0 aliphatic carbocycles. The molecular formula is H7ISi3. The molecule has 0 radical (unpaired) electrons. The van der Waals surface area contributed by atoms with Crippen molar-refractivity contribution < 1.29 is 0 Å². The number of hydrogen-bond acceptors (Lipinski definition) is 0. The van der Waals surface area contributed by atoms with Gasteiger partial charge in [-0.05, 0) is 9.76 Å². The van der Waals surface area contributed by atoms with Gasteiger partial charge in [-0.25, -0.2) is 0 Å². The van der Waals surface area contributed by atoms with Gasteiger partial charge in [0.05, 0.1) is 6.53 Å². The quantitative estimate of drug-likeness (QED) is 0.268. The Morgan fingerprint density at radius 2 is 2.00 bits per heavy atom. The molecule has 0 aromatic rings. The van der Waals surface area contributed by atoms with Gasteiger partial charge in [0.15, 0.2) is 0 Å². The van der Waals surface area contributed by atoms with Crippen LogP contribution < -0.4 is 0 Å². The van der Waals surface area contributed by atoms with Crippen LogP contribution in [0.1, 0.15) is 0 Å². The third-order valence-corrected chi connectivity index (χ3v) is 34.2. The molecule has 0 saturated carbocycles. The van der Waals surface area contributed by atoms with E-state index < -0.39 is 0 Å². The Bertz CT molecular complexity index is 5.25. The molecule has 4 heavy (non-hydrogen) atoms. The van der Waals surface area contributed by atoms with Crippen molar-refractivity contribution >= 4 is 46.6 Å². The standard InChI is InChI=1S/H7ISi3/c1-3-4-2/h3-4H2,2H3. The predicted octanol–water partition coefficient (Wildman–Crippen LogP) is -2.13. The molecule has 0 amide bonds. The van der Waals surface area contributed by atoms with Crippen LogP contribution in [-0.4, -0.2) is 24.8 Å². The van der Waals surface area contributed by atoms with Gasteiger partial charge in [-0.15, -0.1) is 21.8 Å². The minimum absolute atomic E-state index is 0.595. The van der Waals surface area contributed by atoms with Crippen LogP contribution in [0.25, 0.3) is 0 Å². The van der Waals surface area contributed by atoms with Gasteiger partial charge in [0.1, 0.15) is 0 Å². The van der Waals surface area contributed by atoms with E-state index in [-0.39, 0.29) is 0 Å². The van der Waals surface area contributed by atoms with Crippen LogP contribution in [0.5, 0.6) is 0 Å². The van der Waals surface area contributed by atoms with Crippen LogP contribution in [0.4, 0.5) is 0 Å². The topological polar surface area (TPSA) is 0 Å². The summed E-state index contributed by atoms with van der Waals surface area (Å²) < 4.78 is 0. The van der Waals surface area contributed by atoms with E-state index in [4.69, 9.17) is 0 Å². The summed E-state index contributed by atoms with van der Waals surface area (Å²) in [6.45, 7) is 0.595. The fourth-order valence-electron chi connectivity index (χ4n) is 0. The van der Waals surface area contributed by atoms with E-state index in [9.17, 15) is 0 Å². The minimum atomic E-state index is 0.595. The van der Waals surface area contributed by atoms with Crippen LogP contribution in [-0.2, 0) is 0 Å². The molecule has 4 heteroatoms. The molecule has 0 saturated heterocycles. The zero-order valence-electron chi connectivity index (χ0n) is 2.79. The van der Waals surface area contributed by atoms with Crippen LogP contribution in [0.3, 0.4) is 0 Å². The van der Waals surface area contributed by atoms with E-state index in [2.05, 4.69) is 21.8 Å². The molecule has 0 unspecified atom stereocenters. The van der Waals surface area contributed by atoms with E-state index >= 15 is 0 Å². The van der Waals surface area contributed by atoms with Gasteiger partial charge in [0, 0.05) is 8.55 Å². The maximum absolute atomic E-state index is 2.59. The van der Waals surface area contributed by atoms with Crippen molar-refractivity contribution in [3.8, 4) is 0 Å². The highest BCUT2D eigenvalue weighted by molar-refractivity contribution is 14.1. The van der Waals surface area contributed by atoms with Crippen LogP contribution in [0.15, 0.2) is 0 Å². The molecule has 0 fully saturated rings.